The molecule has 1 N–H and O–H groups in total. The van der Waals surface area contributed by atoms with Crippen LogP contribution >= 0.6 is 11.8 Å². The van der Waals surface area contributed by atoms with Crippen LogP contribution in [0.4, 0.5) is 0 Å². The molecule has 1 aliphatic rings. The van der Waals surface area contributed by atoms with Crippen LogP contribution in [0, 0.1) is 0 Å². The second-order valence-electron chi connectivity index (χ2n) is 5.01. The number of fused-ring (bicyclic) bond motifs is 1. The number of thioether (sulfide) groups is 1. The Morgan fingerprint density at radius 3 is 2.83 bits per heavy atom. The fourth-order valence-electron chi connectivity index (χ4n) is 2.11. The molecule has 0 amide bonds. The Kier molecular flexibility index (Phi) is 5.97. The molecule has 2 heterocycles. The van der Waals surface area contributed by atoms with Crippen molar-refractivity contribution in [2.75, 3.05) is 19.5 Å². The van der Waals surface area contributed by atoms with E-state index in [2.05, 4.69) is 9.72 Å². The van der Waals surface area contributed by atoms with Crippen molar-refractivity contribution in [3.05, 3.63) is 33.2 Å². The van der Waals surface area contributed by atoms with Crippen molar-refractivity contribution >= 4 is 29.5 Å². The zero-order chi connectivity index (χ0) is 16.8. The van der Waals surface area contributed by atoms with Crippen molar-refractivity contribution < 1.29 is 23.9 Å². The van der Waals surface area contributed by atoms with Crippen molar-refractivity contribution in [2.24, 2.45) is 0 Å². The number of hydrogen-bond donors (Lipinski definition) is 1. The van der Waals surface area contributed by atoms with E-state index in [1.165, 1.54) is 13.2 Å². The normalized spacial score (nSPS) is 13.1. The molecule has 0 radical (unpaired) electrons. The molecule has 1 aromatic heterocycles. The highest BCUT2D eigenvalue weighted by Gasteiger charge is 2.19. The smallest absolute Gasteiger partial charge is 0.344 e. The molecule has 1 aromatic rings. The van der Waals surface area contributed by atoms with Crippen LogP contribution < -0.4 is 5.56 Å². The van der Waals surface area contributed by atoms with Crippen LogP contribution in [-0.4, -0.2) is 42.2 Å². The summed E-state index contributed by atoms with van der Waals surface area (Å²) >= 11 is 1.72. The molecule has 124 valence electrons. The van der Waals surface area contributed by atoms with E-state index in [1.54, 1.807) is 11.8 Å². The van der Waals surface area contributed by atoms with Crippen molar-refractivity contribution in [3.8, 4) is 0 Å². The zero-order valence-corrected chi connectivity index (χ0v) is 13.5. The maximum absolute atomic E-state index is 12.0. The van der Waals surface area contributed by atoms with Crippen LogP contribution in [0.2, 0.25) is 0 Å². The van der Waals surface area contributed by atoms with E-state index in [1.807, 2.05) is 0 Å². The minimum Gasteiger partial charge on any atom is -0.469 e. The predicted octanol–water partition coefficient (Wildman–Crippen LogP) is 0.843. The summed E-state index contributed by atoms with van der Waals surface area (Å²) in [4.78, 5) is 49.0. The molecule has 0 atom stereocenters. The number of carbonyl (C=O) groups is 3. The number of hydrogen-bond acceptors (Lipinski definition) is 7. The zero-order valence-electron chi connectivity index (χ0n) is 12.7. The summed E-state index contributed by atoms with van der Waals surface area (Å²) in [6, 6.07) is 1.53. The molecular weight excluding hydrogens is 322 g/mol. The summed E-state index contributed by atoms with van der Waals surface area (Å²) in [6.45, 7) is -0.471. The van der Waals surface area contributed by atoms with Gasteiger partial charge in [0.2, 0.25) is 0 Å². The molecule has 0 aliphatic carbocycles. The largest absolute Gasteiger partial charge is 0.469 e. The highest BCUT2D eigenvalue weighted by atomic mass is 32.2. The molecule has 7 nitrogen and oxygen atoms in total. The molecular formula is C15H17NO6S. The van der Waals surface area contributed by atoms with Gasteiger partial charge in [-0.25, -0.2) is 4.79 Å². The highest BCUT2D eigenvalue weighted by Crippen LogP contribution is 2.22. The molecule has 8 heteroatoms. The first-order valence-electron chi connectivity index (χ1n) is 7.09. The van der Waals surface area contributed by atoms with Gasteiger partial charge in [-0.15, -0.1) is 0 Å². The van der Waals surface area contributed by atoms with Gasteiger partial charge in [0, 0.05) is 17.9 Å². The van der Waals surface area contributed by atoms with Crippen LogP contribution in [0.3, 0.4) is 0 Å². The minimum absolute atomic E-state index is 0.0659. The first-order valence-corrected chi connectivity index (χ1v) is 8.25. The summed E-state index contributed by atoms with van der Waals surface area (Å²) in [5, 5.41) is 0. The van der Waals surface area contributed by atoms with Gasteiger partial charge in [-0.1, -0.05) is 0 Å². The molecule has 23 heavy (non-hydrogen) atoms. The Balaban J connectivity index is 1.94. The molecule has 0 aromatic carbocycles. The van der Waals surface area contributed by atoms with E-state index < -0.39 is 29.9 Å². The Hall–Kier alpha value is -2.09. The topological polar surface area (TPSA) is 103 Å². The molecule has 1 aliphatic heterocycles. The van der Waals surface area contributed by atoms with Gasteiger partial charge in [-0.05, 0) is 23.8 Å². The summed E-state index contributed by atoms with van der Waals surface area (Å²) in [5.74, 6) is -0.0932. The summed E-state index contributed by atoms with van der Waals surface area (Å²) in [5.41, 5.74) is 1.14. The lowest BCUT2D eigenvalue weighted by molar-refractivity contribution is -0.142. The van der Waals surface area contributed by atoms with Gasteiger partial charge in [0.05, 0.1) is 13.5 Å². The quantitative estimate of drug-likeness (QED) is 0.766. The third-order valence-corrected chi connectivity index (χ3v) is 4.40. The molecule has 0 fully saturated rings. The maximum atomic E-state index is 12.0. The number of Topliss-reactive ketones (excluding diaryl/α,β-unsaturated/α-hetero) is 1. The maximum Gasteiger partial charge on any atom is 0.344 e. The van der Waals surface area contributed by atoms with Gasteiger partial charge in [0.1, 0.15) is 12.2 Å². The van der Waals surface area contributed by atoms with Crippen LogP contribution in [0.1, 0.15) is 34.5 Å². The summed E-state index contributed by atoms with van der Waals surface area (Å²) in [7, 11) is 1.23. The third kappa shape index (κ3) is 4.69. The second kappa shape index (κ2) is 7.96. The van der Waals surface area contributed by atoms with Crippen LogP contribution in [-0.2, 0) is 31.2 Å². The lowest BCUT2D eigenvalue weighted by atomic mass is 10.1. The van der Waals surface area contributed by atoms with E-state index in [-0.39, 0.29) is 18.4 Å². The molecule has 0 unspecified atom stereocenters. The van der Waals surface area contributed by atoms with Gasteiger partial charge in [-0.2, -0.15) is 11.8 Å². The Morgan fingerprint density at radius 1 is 1.30 bits per heavy atom. The minimum atomic E-state index is -0.837. The number of aromatic nitrogens is 1. The Morgan fingerprint density at radius 2 is 2.09 bits per heavy atom. The number of ether oxygens (including phenoxy) is 2. The van der Waals surface area contributed by atoms with Crippen LogP contribution in [0.25, 0.3) is 0 Å². The Labute approximate surface area is 136 Å². The number of esters is 2. The first-order chi connectivity index (χ1) is 11.0. The molecule has 0 spiro atoms. The number of pyridine rings is 1. The molecule has 0 bridgehead atoms. The number of H-pyrrole nitrogens is 1. The van der Waals surface area contributed by atoms with Crippen LogP contribution in [0.5, 0.6) is 0 Å². The second-order valence-corrected chi connectivity index (χ2v) is 6.11. The number of methoxy groups -OCH3 is 1. The number of nitrogens with one attached hydrogen (secondary N) is 1. The highest BCUT2D eigenvalue weighted by molar-refractivity contribution is 7.98. The van der Waals surface area contributed by atoms with E-state index in [4.69, 9.17) is 4.74 Å². The number of carbonyl (C=O) groups excluding carboxylic acids is 3. The van der Waals surface area contributed by atoms with Crippen molar-refractivity contribution in [1.29, 1.82) is 0 Å². The Bertz CT molecular complexity index is 681. The van der Waals surface area contributed by atoms with Crippen molar-refractivity contribution in [1.82, 2.24) is 4.98 Å². The third-order valence-electron chi connectivity index (χ3n) is 3.39. The van der Waals surface area contributed by atoms with Gasteiger partial charge < -0.3 is 14.5 Å². The predicted molar refractivity (Wildman–Crippen MR) is 83.5 cm³/mol. The van der Waals surface area contributed by atoms with E-state index in [0.29, 0.717) is 0 Å². The number of aromatic amines is 1. The van der Waals surface area contributed by atoms with Gasteiger partial charge in [0.15, 0.2) is 5.78 Å². The van der Waals surface area contributed by atoms with Crippen molar-refractivity contribution in [3.63, 3.8) is 0 Å². The SMILES string of the molecule is COC(=O)CCC(=O)COC(=O)c1cc2c([nH]c1=O)CCSC2. The summed E-state index contributed by atoms with van der Waals surface area (Å²) < 4.78 is 9.28. The fourth-order valence-corrected chi connectivity index (χ4v) is 3.08. The fraction of sp³-hybridized carbons (Fsp3) is 0.467. The molecule has 0 saturated carbocycles. The van der Waals surface area contributed by atoms with Gasteiger partial charge >= 0.3 is 11.9 Å². The average Bonchev–Trinajstić information content (AvgIpc) is 2.56. The monoisotopic (exact) mass is 339 g/mol. The van der Waals surface area contributed by atoms with E-state index in [9.17, 15) is 19.2 Å². The average molecular weight is 339 g/mol. The van der Waals surface area contributed by atoms with Gasteiger partial charge in [-0.3, -0.25) is 14.4 Å². The number of ketones is 1. The summed E-state index contributed by atoms with van der Waals surface area (Å²) in [6.07, 6.45) is 0.622. The van der Waals surface area contributed by atoms with Crippen molar-refractivity contribution in [2.45, 2.75) is 25.0 Å². The number of rotatable bonds is 6. The van der Waals surface area contributed by atoms with E-state index in [0.717, 1.165) is 29.2 Å². The molecule has 2 rings (SSSR count). The first kappa shape index (κ1) is 17.3. The van der Waals surface area contributed by atoms with Crippen LogP contribution in [0.15, 0.2) is 10.9 Å². The standard InChI is InChI=1S/C15H17NO6S/c1-21-13(18)3-2-10(17)7-22-15(20)11-6-9-8-23-5-4-12(9)16-14(11)19/h6H,2-5,7-8H2,1H3,(H,16,19). The number of aryl methyl sites for hydroxylation is 1. The lowest BCUT2D eigenvalue weighted by Gasteiger charge is -2.15. The lowest BCUT2D eigenvalue weighted by Crippen LogP contribution is -2.25. The molecule has 0 saturated heterocycles. The van der Waals surface area contributed by atoms with E-state index >= 15 is 0 Å². The van der Waals surface area contributed by atoms with Gasteiger partial charge in [0.25, 0.3) is 5.56 Å².